The summed E-state index contributed by atoms with van der Waals surface area (Å²) in [6, 6.07) is 11.8. The van der Waals surface area contributed by atoms with Crippen LogP contribution in [0.4, 0.5) is 0 Å². The molecule has 1 aliphatic carbocycles. The molecule has 0 atom stereocenters. The Kier molecular flexibility index (Phi) is 5.22. The molecule has 4 heteroatoms. The van der Waals surface area contributed by atoms with Crippen molar-refractivity contribution in [3.05, 3.63) is 52.2 Å². The van der Waals surface area contributed by atoms with Crippen LogP contribution in [-0.4, -0.2) is 11.4 Å². The van der Waals surface area contributed by atoms with Crippen LogP contribution >= 0.6 is 11.3 Å². The Hall–Kier alpha value is -2.25. The first-order chi connectivity index (χ1) is 11.7. The molecule has 1 fully saturated rings. The van der Waals surface area contributed by atoms with Crippen molar-refractivity contribution in [2.45, 2.75) is 44.2 Å². The number of hydrogen-bond donors (Lipinski definition) is 1. The van der Waals surface area contributed by atoms with Crippen LogP contribution in [0.15, 0.2) is 41.8 Å². The highest BCUT2D eigenvalue weighted by atomic mass is 32.1. The molecule has 0 radical (unpaired) electrons. The van der Waals surface area contributed by atoms with Crippen molar-refractivity contribution in [1.82, 2.24) is 5.32 Å². The monoisotopic (exact) mass is 339 g/mol. The normalized spacial score (nSPS) is 16.1. The number of carbonyl (C=O) groups is 1. The number of rotatable bonds is 5. The van der Waals surface area contributed by atoms with Gasteiger partial charge < -0.3 is 10.1 Å². The van der Waals surface area contributed by atoms with Crippen LogP contribution in [-0.2, 0) is 6.61 Å². The van der Waals surface area contributed by atoms with Crippen molar-refractivity contribution >= 4 is 17.2 Å². The summed E-state index contributed by atoms with van der Waals surface area (Å²) in [7, 11) is 0. The molecule has 1 aromatic carbocycles. The summed E-state index contributed by atoms with van der Waals surface area (Å²) in [6.45, 7) is 0.443. The van der Waals surface area contributed by atoms with E-state index in [4.69, 9.17) is 11.2 Å². The van der Waals surface area contributed by atoms with Gasteiger partial charge in [0.2, 0.25) is 0 Å². The summed E-state index contributed by atoms with van der Waals surface area (Å²) < 4.78 is 5.84. The van der Waals surface area contributed by atoms with E-state index in [9.17, 15) is 4.79 Å². The second-order valence-electron chi connectivity index (χ2n) is 6.13. The fourth-order valence-electron chi connectivity index (χ4n) is 3.05. The summed E-state index contributed by atoms with van der Waals surface area (Å²) in [5.41, 5.74) is 0.568. The predicted molar refractivity (Wildman–Crippen MR) is 97.2 cm³/mol. The van der Waals surface area contributed by atoms with Crippen LogP contribution in [0.1, 0.15) is 47.3 Å². The topological polar surface area (TPSA) is 38.3 Å². The van der Waals surface area contributed by atoms with Crippen LogP contribution in [0.3, 0.4) is 0 Å². The third kappa shape index (κ3) is 3.80. The van der Waals surface area contributed by atoms with Gasteiger partial charge in [-0.1, -0.05) is 55.5 Å². The molecule has 3 rings (SSSR count). The lowest BCUT2D eigenvalue weighted by Gasteiger charge is -2.33. The molecule has 0 spiro atoms. The van der Waals surface area contributed by atoms with E-state index in [0.717, 1.165) is 31.2 Å². The minimum absolute atomic E-state index is 0.132. The first-order valence-corrected chi connectivity index (χ1v) is 9.15. The van der Waals surface area contributed by atoms with Gasteiger partial charge in [0.05, 0.1) is 0 Å². The number of amides is 1. The van der Waals surface area contributed by atoms with Crippen molar-refractivity contribution in [1.29, 1.82) is 0 Å². The lowest BCUT2D eigenvalue weighted by molar-refractivity contribution is 0.0904. The smallest absolute Gasteiger partial charge is 0.266 e. The van der Waals surface area contributed by atoms with Gasteiger partial charge in [0, 0.05) is 0 Å². The molecule has 1 saturated carbocycles. The van der Waals surface area contributed by atoms with Crippen molar-refractivity contribution in [3.8, 4) is 18.1 Å². The molecule has 1 N–H and O–H groups in total. The van der Waals surface area contributed by atoms with Crippen LogP contribution in [0.2, 0.25) is 0 Å². The van der Waals surface area contributed by atoms with E-state index in [1.54, 1.807) is 0 Å². The Labute approximate surface area is 147 Å². The zero-order valence-corrected chi connectivity index (χ0v) is 14.4. The van der Waals surface area contributed by atoms with E-state index >= 15 is 0 Å². The van der Waals surface area contributed by atoms with Gasteiger partial charge in [-0.15, -0.1) is 17.8 Å². The Morgan fingerprint density at radius 1 is 1.21 bits per heavy atom. The average Bonchev–Trinajstić information content (AvgIpc) is 3.10. The highest BCUT2D eigenvalue weighted by Gasteiger charge is 2.32. The standard InChI is InChI=1S/C20H21NO2S/c1-2-20(12-7-4-8-13-20)21-19(22)18-17(11-14-24-18)23-15-16-9-5-3-6-10-16/h1,3,5-6,9-11,14H,4,7-8,12-13,15H2,(H,21,22). The molecular formula is C20H21NO2S. The highest BCUT2D eigenvalue weighted by molar-refractivity contribution is 7.12. The maximum absolute atomic E-state index is 12.7. The molecule has 0 aliphatic heterocycles. The van der Waals surface area contributed by atoms with Gasteiger partial charge in [-0.3, -0.25) is 4.79 Å². The Balaban J connectivity index is 1.68. The number of thiophene rings is 1. The molecule has 24 heavy (non-hydrogen) atoms. The third-order valence-electron chi connectivity index (χ3n) is 4.41. The zero-order chi connectivity index (χ0) is 16.8. The molecule has 1 amide bonds. The predicted octanol–water partition coefficient (Wildman–Crippen LogP) is 4.39. The van der Waals surface area contributed by atoms with Crippen LogP contribution < -0.4 is 10.1 Å². The van der Waals surface area contributed by atoms with E-state index in [0.29, 0.717) is 17.2 Å². The van der Waals surface area contributed by atoms with E-state index < -0.39 is 5.54 Å². The largest absolute Gasteiger partial charge is 0.487 e. The highest BCUT2D eigenvalue weighted by Crippen LogP contribution is 2.30. The molecule has 1 aromatic heterocycles. The molecule has 3 nitrogen and oxygen atoms in total. The second kappa shape index (κ2) is 7.55. The van der Waals surface area contributed by atoms with Crippen LogP contribution in [0.25, 0.3) is 0 Å². The summed E-state index contributed by atoms with van der Waals surface area (Å²) >= 11 is 1.38. The number of carbonyl (C=O) groups excluding carboxylic acids is 1. The van der Waals surface area contributed by atoms with Crippen LogP contribution in [0, 0.1) is 12.3 Å². The van der Waals surface area contributed by atoms with Gasteiger partial charge in [-0.2, -0.15) is 0 Å². The van der Waals surface area contributed by atoms with Gasteiger partial charge in [-0.25, -0.2) is 0 Å². The molecule has 1 aliphatic rings. The summed E-state index contributed by atoms with van der Waals surface area (Å²) in [6.07, 6.45) is 10.7. The van der Waals surface area contributed by atoms with Gasteiger partial charge in [0.15, 0.2) is 0 Å². The number of nitrogens with one attached hydrogen (secondary N) is 1. The summed E-state index contributed by atoms with van der Waals surface area (Å²) in [5.74, 6) is 3.30. The number of benzene rings is 1. The first-order valence-electron chi connectivity index (χ1n) is 8.27. The average molecular weight is 339 g/mol. The van der Waals surface area contributed by atoms with E-state index in [-0.39, 0.29) is 5.91 Å². The number of hydrogen-bond acceptors (Lipinski definition) is 3. The van der Waals surface area contributed by atoms with Gasteiger partial charge in [-0.05, 0) is 29.9 Å². The quantitative estimate of drug-likeness (QED) is 0.820. The lowest BCUT2D eigenvalue weighted by Crippen LogP contribution is -2.48. The minimum Gasteiger partial charge on any atom is -0.487 e. The maximum Gasteiger partial charge on any atom is 0.266 e. The Bertz CT molecular complexity index is 724. The van der Waals surface area contributed by atoms with E-state index in [1.807, 2.05) is 41.8 Å². The molecule has 0 bridgehead atoms. The molecule has 0 unspecified atom stereocenters. The first kappa shape index (κ1) is 16.6. The molecular weight excluding hydrogens is 318 g/mol. The molecule has 2 aromatic rings. The summed E-state index contributed by atoms with van der Waals surface area (Å²) in [4.78, 5) is 13.3. The Morgan fingerprint density at radius 2 is 1.96 bits per heavy atom. The fraction of sp³-hybridized carbons (Fsp3) is 0.350. The van der Waals surface area contributed by atoms with Crippen molar-refractivity contribution in [2.75, 3.05) is 0 Å². The van der Waals surface area contributed by atoms with Crippen molar-refractivity contribution < 1.29 is 9.53 Å². The molecule has 124 valence electrons. The summed E-state index contributed by atoms with van der Waals surface area (Å²) in [5, 5.41) is 4.95. The maximum atomic E-state index is 12.7. The molecule has 1 heterocycles. The fourth-order valence-corrected chi connectivity index (χ4v) is 3.78. The third-order valence-corrected chi connectivity index (χ3v) is 5.30. The van der Waals surface area contributed by atoms with E-state index in [1.165, 1.54) is 17.8 Å². The van der Waals surface area contributed by atoms with Gasteiger partial charge in [0.25, 0.3) is 5.91 Å². The number of terminal acetylenes is 1. The SMILES string of the molecule is C#CC1(NC(=O)c2sccc2OCc2ccccc2)CCCCC1. The number of ether oxygens (including phenoxy) is 1. The lowest BCUT2D eigenvalue weighted by atomic mass is 9.82. The minimum atomic E-state index is -0.504. The van der Waals surface area contributed by atoms with Gasteiger partial charge in [0.1, 0.15) is 22.8 Å². The van der Waals surface area contributed by atoms with Crippen molar-refractivity contribution in [2.24, 2.45) is 0 Å². The zero-order valence-electron chi connectivity index (χ0n) is 13.6. The van der Waals surface area contributed by atoms with Crippen molar-refractivity contribution in [3.63, 3.8) is 0 Å². The van der Waals surface area contributed by atoms with Gasteiger partial charge >= 0.3 is 0 Å². The van der Waals surface area contributed by atoms with Crippen LogP contribution in [0.5, 0.6) is 5.75 Å². The second-order valence-corrected chi connectivity index (χ2v) is 7.05. The van der Waals surface area contributed by atoms with E-state index in [2.05, 4.69) is 11.2 Å². The molecule has 0 saturated heterocycles. The Morgan fingerprint density at radius 3 is 2.67 bits per heavy atom.